The van der Waals surface area contributed by atoms with Crippen molar-refractivity contribution in [2.45, 2.75) is 59.4 Å². The van der Waals surface area contributed by atoms with Gasteiger partial charge in [-0.05, 0) is 31.7 Å². The van der Waals surface area contributed by atoms with Gasteiger partial charge in [0.15, 0.2) is 11.5 Å². The molecule has 1 aromatic carbocycles. The maximum atomic E-state index is 13.5. The minimum atomic E-state index is -0.284. The molecule has 0 spiro atoms. The van der Waals surface area contributed by atoms with Crippen LogP contribution in [-0.2, 0) is 13.0 Å². The Hall–Kier alpha value is -3.29. The van der Waals surface area contributed by atoms with Crippen LogP contribution in [0.2, 0.25) is 0 Å². The lowest BCUT2D eigenvalue weighted by molar-refractivity contribution is 0.0729. The van der Waals surface area contributed by atoms with Crippen molar-refractivity contribution < 1.29 is 9.90 Å². The molecule has 8 nitrogen and oxygen atoms in total. The molecule has 33 heavy (non-hydrogen) atoms. The van der Waals surface area contributed by atoms with Crippen LogP contribution in [0.5, 0.6) is 5.88 Å². The van der Waals surface area contributed by atoms with Gasteiger partial charge in [-0.25, -0.2) is 4.40 Å². The number of aryl methyl sites for hydroxylation is 2. The minimum Gasteiger partial charge on any atom is -0.494 e. The van der Waals surface area contributed by atoms with E-state index in [1.165, 1.54) is 4.40 Å². The van der Waals surface area contributed by atoms with E-state index < -0.39 is 0 Å². The Morgan fingerprint density at radius 1 is 0.970 bits per heavy atom. The molecule has 3 heterocycles. The fourth-order valence-corrected chi connectivity index (χ4v) is 4.37. The zero-order valence-electron chi connectivity index (χ0n) is 19.8. The lowest BCUT2D eigenvalue weighted by Gasteiger charge is -2.35. The number of benzene rings is 1. The summed E-state index contributed by atoms with van der Waals surface area (Å²) in [7, 11) is 0. The van der Waals surface area contributed by atoms with E-state index in [4.69, 9.17) is 4.98 Å². The third kappa shape index (κ3) is 4.21. The van der Waals surface area contributed by atoms with Crippen molar-refractivity contribution in [3.05, 3.63) is 57.5 Å². The van der Waals surface area contributed by atoms with Crippen LogP contribution in [0.4, 0.5) is 5.82 Å². The van der Waals surface area contributed by atoms with Gasteiger partial charge in [0.05, 0.1) is 12.2 Å². The molecular formula is C25H33N5O3. The van der Waals surface area contributed by atoms with E-state index >= 15 is 0 Å². The monoisotopic (exact) mass is 451 g/mol. The SMILES string of the molecule is CCCCN1CN(CCCC)c2nc3n(CCc4ccccc4)c(=O)c(C)c(O)n3c2C1=O. The number of imidazole rings is 1. The molecule has 0 fully saturated rings. The van der Waals surface area contributed by atoms with Crippen molar-refractivity contribution in [1.29, 1.82) is 0 Å². The second kappa shape index (κ2) is 9.68. The van der Waals surface area contributed by atoms with Gasteiger partial charge < -0.3 is 14.9 Å². The number of hydrogen-bond acceptors (Lipinski definition) is 5. The first-order chi connectivity index (χ1) is 16.0. The van der Waals surface area contributed by atoms with Gasteiger partial charge in [-0.15, -0.1) is 0 Å². The number of nitrogens with zero attached hydrogens (tertiary/aromatic N) is 5. The Morgan fingerprint density at radius 3 is 2.30 bits per heavy atom. The average Bonchev–Trinajstić information content (AvgIpc) is 3.23. The van der Waals surface area contributed by atoms with Crippen LogP contribution in [0.1, 0.15) is 61.1 Å². The molecule has 0 aliphatic carbocycles. The van der Waals surface area contributed by atoms with Crippen LogP contribution in [0.3, 0.4) is 0 Å². The number of aromatic hydroxyl groups is 1. The summed E-state index contributed by atoms with van der Waals surface area (Å²) in [5, 5.41) is 11.0. The first-order valence-electron chi connectivity index (χ1n) is 11.9. The van der Waals surface area contributed by atoms with Crippen LogP contribution in [0.15, 0.2) is 35.1 Å². The van der Waals surface area contributed by atoms with Crippen LogP contribution in [-0.4, -0.2) is 49.6 Å². The molecular weight excluding hydrogens is 418 g/mol. The van der Waals surface area contributed by atoms with Gasteiger partial charge in [-0.2, -0.15) is 4.98 Å². The zero-order valence-corrected chi connectivity index (χ0v) is 19.8. The molecule has 0 saturated carbocycles. The van der Waals surface area contributed by atoms with E-state index in [9.17, 15) is 14.7 Å². The number of carbonyl (C=O) groups excluding carboxylic acids is 1. The molecule has 0 bridgehead atoms. The number of amides is 1. The van der Waals surface area contributed by atoms with E-state index in [1.54, 1.807) is 11.5 Å². The summed E-state index contributed by atoms with van der Waals surface area (Å²) in [5.74, 6) is 0.508. The topological polar surface area (TPSA) is 83.1 Å². The van der Waals surface area contributed by atoms with E-state index in [0.717, 1.165) is 37.8 Å². The van der Waals surface area contributed by atoms with Crippen LogP contribution < -0.4 is 10.5 Å². The second-order valence-corrected chi connectivity index (χ2v) is 8.74. The first kappa shape index (κ1) is 22.9. The molecule has 0 saturated heterocycles. The van der Waals surface area contributed by atoms with Gasteiger partial charge >= 0.3 is 0 Å². The van der Waals surface area contributed by atoms with E-state index in [-0.39, 0.29) is 22.9 Å². The molecule has 0 atom stereocenters. The molecule has 3 aromatic rings. The standard InChI is InChI=1S/C25H33N5O3/c1-4-6-14-27-17-28(15-7-5-2)24(33)20-21(27)26-25-29(16-13-19-11-9-8-10-12-19)22(31)18(3)23(32)30(20)25/h8-12,32H,4-7,13-17H2,1-3H3. The lowest BCUT2D eigenvalue weighted by Crippen LogP contribution is -2.47. The number of aromatic nitrogens is 3. The molecule has 1 aliphatic heterocycles. The fraction of sp³-hybridized carbons (Fsp3) is 0.480. The molecule has 2 aromatic heterocycles. The largest absolute Gasteiger partial charge is 0.494 e. The molecule has 1 aliphatic rings. The van der Waals surface area contributed by atoms with Crippen molar-refractivity contribution in [2.24, 2.45) is 0 Å². The highest BCUT2D eigenvalue weighted by Crippen LogP contribution is 2.31. The van der Waals surface area contributed by atoms with Gasteiger partial charge in [0, 0.05) is 19.6 Å². The Labute approximate surface area is 194 Å². The predicted molar refractivity (Wildman–Crippen MR) is 129 cm³/mol. The summed E-state index contributed by atoms with van der Waals surface area (Å²) in [4.78, 5) is 35.3. The quantitative estimate of drug-likeness (QED) is 0.538. The molecule has 1 N–H and O–H groups in total. The van der Waals surface area contributed by atoms with E-state index in [2.05, 4.69) is 18.7 Å². The smallest absolute Gasteiger partial charge is 0.276 e. The number of anilines is 1. The Kier molecular flexibility index (Phi) is 6.72. The molecule has 8 heteroatoms. The van der Waals surface area contributed by atoms with Crippen molar-refractivity contribution in [3.8, 4) is 5.88 Å². The Balaban J connectivity index is 1.85. The van der Waals surface area contributed by atoms with Crippen LogP contribution in [0, 0.1) is 6.92 Å². The van der Waals surface area contributed by atoms with E-state index in [1.807, 2.05) is 35.2 Å². The molecule has 0 radical (unpaired) electrons. The highest BCUT2D eigenvalue weighted by atomic mass is 16.3. The number of carbonyl (C=O) groups is 1. The Morgan fingerprint density at radius 2 is 1.64 bits per heavy atom. The molecule has 1 amide bonds. The van der Waals surface area contributed by atoms with Crippen LogP contribution >= 0.6 is 0 Å². The fourth-order valence-electron chi connectivity index (χ4n) is 4.37. The minimum absolute atomic E-state index is 0.151. The number of rotatable bonds is 9. The number of fused-ring (bicyclic) bond motifs is 3. The maximum absolute atomic E-state index is 13.5. The lowest BCUT2D eigenvalue weighted by atomic mass is 10.1. The zero-order chi connectivity index (χ0) is 23.5. The average molecular weight is 452 g/mol. The van der Waals surface area contributed by atoms with Gasteiger partial charge in [0.2, 0.25) is 11.7 Å². The van der Waals surface area contributed by atoms with Crippen molar-refractivity contribution >= 4 is 17.5 Å². The predicted octanol–water partition coefficient (Wildman–Crippen LogP) is 3.57. The summed E-state index contributed by atoms with van der Waals surface area (Å²) in [5.41, 5.74) is 1.39. The summed E-state index contributed by atoms with van der Waals surface area (Å²) in [6.45, 7) is 8.12. The van der Waals surface area contributed by atoms with Gasteiger partial charge in [0.1, 0.15) is 0 Å². The Bertz CT molecular complexity index is 1200. The molecule has 0 unspecified atom stereocenters. The normalized spacial score (nSPS) is 13.7. The van der Waals surface area contributed by atoms with Crippen molar-refractivity contribution in [1.82, 2.24) is 18.9 Å². The highest BCUT2D eigenvalue weighted by Gasteiger charge is 2.35. The third-order valence-corrected chi connectivity index (χ3v) is 6.36. The number of unbranched alkanes of at least 4 members (excludes halogenated alkanes) is 2. The van der Waals surface area contributed by atoms with Crippen molar-refractivity contribution in [3.63, 3.8) is 0 Å². The third-order valence-electron chi connectivity index (χ3n) is 6.36. The highest BCUT2D eigenvalue weighted by molar-refractivity contribution is 6.00. The van der Waals surface area contributed by atoms with E-state index in [0.29, 0.717) is 43.5 Å². The first-order valence-corrected chi connectivity index (χ1v) is 11.9. The van der Waals surface area contributed by atoms with Crippen molar-refractivity contribution in [2.75, 3.05) is 24.7 Å². The maximum Gasteiger partial charge on any atom is 0.276 e. The summed E-state index contributed by atoms with van der Waals surface area (Å²) >= 11 is 0. The summed E-state index contributed by atoms with van der Waals surface area (Å²) in [6, 6.07) is 9.95. The van der Waals surface area contributed by atoms with Gasteiger partial charge in [-0.1, -0.05) is 57.0 Å². The summed E-state index contributed by atoms with van der Waals surface area (Å²) in [6.07, 6.45) is 4.53. The van der Waals surface area contributed by atoms with Crippen LogP contribution in [0.25, 0.3) is 5.78 Å². The molecule has 4 rings (SSSR count). The van der Waals surface area contributed by atoms with Gasteiger partial charge in [-0.3, -0.25) is 14.2 Å². The van der Waals surface area contributed by atoms with Gasteiger partial charge in [0.25, 0.3) is 11.5 Å². The second-order valence-electron chi connectivity index (χ2n) is 8.74. The molecule has 176 valence electrons. The number of hydrogen-bond donors (Lipinski definition) is 1. The summed E-state index contributed by atoms with van der Waals surface area (Å²) < 4.78 is 3.07.